The largest absolute Gasteiger partial charge is 0.375 e. The molecule has 0 amide bonds. The summed E-state index contributed by atoms with van der Waals surface area (Å²) in [6, 6.07) is 0.0128. The molecule has 3 heteroatoms. The van der Waals surface area contributed by atoms with Crippen LogP contribution in [-0.2, 0) is 4.74 Å². The van der Waals surface area contributed by atoms with Crippen molar-refractivity contribution in [3.63, 3.8) is 0 Å². The van der Waals surface area contributed by atoms with Gasteiger partial charge in [-0.05, 0) is 6.42 Å². The van der Waals surface area contributed by atoms with Crippen LogP contribution in [0.3, 0.4) is 0 Å². The van der Waals surface area contributed by atoms with Gasteiger partial charge in [-0.1, -0.05) is 19.8 Å². The summed E-state index contributed by atoms with van der Waals surface area (Å²) >= 11 is 0. The molecule has 1 atom stereocenters. The lowest BCUT2D eigenvalue weighted by molar-refractivity contribution is -0.136. The van der Waals surface area contributed by atoms with Crippen molar-refractivity contribution < 1.29 is 9.13 Å². The number of hydrogen-bond acceptors (Lipinski definition) is 2. The SMILES string of the molecule is CCCCC(N)CC1(F)COC1. The minimum absolute atomic E-state index is 0.0128. The van der Waals surface area contributed by atoms with Crippen LogP contribution in [0.1, 0.15) is 32.6 Å². The molecular formula is C9H18FNO. The van der Waals surface area contributed by atoms with E-state index >= 15 is 0 Å². The third-order valence-corrected chi connectivity index (χ3v) is 2.28. The first-order valence-electron chi connectivity index (χ1n) is 4.68. The van der Waals surface area contributed by atoms with Crippen molar-refractivity contribution in [1.29, 1.82) is 0 Å². The zero-order chi connectivity index (χ0) is 9.03. The zero-order valence-corrected chi connectivity index (χ0v) is 7.68. The van der Waals surface area contributed by atoms with E-state index in [2.05, 4.69) is 6.92 Å². The highest BCUT2D eigenvalue weighted by Gasteiger charge is 2.39. The Bertz CT molecular complexity index is 136. The summed E-state index contributed by atoms with van der Waals surface area (Å²) in [4.78, 5) is 0. The van der Waals surface area contributed by atoms with Gasteiger partial charge in [-0.2, -0.15) is 0 Å². The third kappa shape index (κ3) is 2.72. The number of halogens is 1. The molecule has 1 aliphatic heterocycles. The molecule has 2 nitrogen and oxygen atoms in total. The van der Waals surface area contributed by atoms with Crippen LogP contribution < -0.4 is 5.73 Å². The Morgan fingerprint density at radius 3 is 2.67 bits per heavy atom. The Kier molecular flexibility index (Phi) is 3.47. The highest BCUT2D eigenvalue weighted by atomic mass is 19.1. The van der Waals surface area contributed by atoms with Crippen LogP contribution >= 0.6 is 0 Å². The average Bonchev–Trinajstić information content (AvgIpc) is 1.98. The molecule has 0 aromatic heterocycles. The van der Waals surface area contributed by atoms with Crippen molar-refractivity contribution in [3.05, 3.63) is 0 Å². The molecule has 12 heavy (non-hydrogen) atoms. The van der Waals surface area contributed by atoms with E-state index < -0.39 is 5.67 Å². The first-order valence-corrected chi connectivity index (χ1v) is 4.68. The first-order chi connectivity index (χ1) is 5.66. The van der Waals surface area contributed by atoms with E-state index in [1.807, 2.05) is 0 Å². The molecule has 2 N–H and O–H groups in total. The van der Waals surface area contributed by atoms with Crippen molar-refractivity contribution in [2.75, 3.05) is 13.2 Å². The molecule has 1 unspecified atom stereocenters. The van der Waals surface area contributed by atoms with Gasteiger partial charge < -0.3 is 10.5 Å². The zero-order valence-electron chi connectivity index (χ0n) is 7.68. The fourth-order valence-corrected chi connectivity index (χ4v) is 1.48. The van der Waals surface area contributed by atoms with Crippen LogP contribution in [0, 0.1) is 0 Å². The molecule has 1 rings (SSSR count). The smallest absolute Gasteiger partial charge is 0.158 e. The molecule has 0 aliphatic carbocycles. The molecule has 1 saturated heterocycles. The van der Waals surface area contributed by atoms with Crippen LogP contribution in [0.15, 0.2) is 0 Å². The number of alkyl halides is 1. The van der Waals surface area contributed by atoms with Crippen LogP contribution in [0.25, 0.3) is 0 Å². The number of rotatable bonds is 5. The molecule has 1 fully saturated rings. The van der Waals surface area contributed by atoms with Gasteiger partial charge in [0.05, 0.1) is 13.2 Å². The lowest BCUT2D eigenvalue weighted by Gasteiger charge is -2.35. The Morgan fingerprint density at radius 2 is 2.25 bits per heavy atom. The molecule has 1 aliphatic rings. The second-order valence-electron chi connectivity index (χ2n) is 3.75. The summed E-state index contributed by atoms with van der Waals surface area (Å²) < 4.78 is 18.2. The van der Waals surface area contributed by atoms with Gasteiger partial charge in [-0.25, -0.2) is 4.39 Å². The number of ether oxygens (including phenoxy) is 1. The lowest BCUT2D eigenvalue weighted by atomic mass is 9.93. The van der Waals surface area contributed by atoms with Crippen LogP contribution in [-0.4, -0.2) is 24.9 Å². The van der Waals surface area contributed by atoms with Gasteiger partial charge in [-0.15, -0.1) is 0 Å². The van der Waals surface area contributed by atoms with Gasteiger partial charge in [0.1, 0.15) is 0 Å². The second kappa shape index (κ2) is 4.19. The van der Waals surface area contributed by atoms with E-state index in [4.69, 9.17) is 10.5 Å². The van der Waals surface area contributed by atoms with Gasteiger partial charge in [0.15, 0.2) is 5.67 Å². The number of unbranched alkanes of at least 4 members (excludes halogenated alkanes) is 1. The first kappa shape index (κ1) is 9.93. The molecule has 0 radical (unpaired) electrons. The van der Waals surface area contributed by atoms with E-state index in [9.17, 15) is 4.39 Å². The molecular weight excluding hydrogens is 157 g/mol. The third-order valence-electron chi connectivity index (χ3n) is 2.28. The normalized spacial score (nSPS) is 23.2. The van der Waals surface area contributed by atoms with Gasteiger partial charge in [0.25, 0.3) is 0 Å². The van der Waals surface area contributed by atoms with E-state index in [-0.39, 0.29) is 19.3 Å². The highest BCUT2D eigenvalue weighted by molar-refractivity contribution is 4.89. The predicted octanol–water partition coefficient (Wildman–Crippen LogP) is 1.63. The summed E-state index contributed by atoms with van der Waals surface area (Å²) in [6.45, 7) is 2.60. The highest BCUT2D eigenvalue weighted by Crippen LogP contribution is 2.27. The summed E-state index contributed by atoms with van der Waals surface area (Å²) in [7, 11) is 0. The fourth-order valence-electron chi connectivity index (χ4n) is 1.48. The topological polar surface area (TPSA) is 35.2 Å². The average molecular weight is 175 g/mol. The van der Waals surface area contributed by atoms with Gasteiger partial charge in [0, 0.05) is 12.5 Å². The Hall–Kier alpha value is -0.150. The standard InChI is InChI=1S/C9H18FNO/c1-2-3-4-8(11)5-9(10)6-12-7-9/h8H,2-7,11H2,1H3. The Morgan fingerprint density at radius 1 is 1.58 bits per heavy atom. The van der Waals surface area contributed by atoms with E-state index in [0.717, 1.165) is 19.3 Å². The van der Waals surface area contributed by atoms with Crippen molar-refractivity contribution in [2.45, 2.75) is 44.3 Å². The van der Waals surface area contributed by atoms with Gasteiger partial charge in [0.2, 0.25) is 0 Å². The van der Waals surface area contributed by atoms with Crippen molar-refractivity contribution in [3.8, 4) is 0 Å². The van der Waals surface area contributed by atoms with Crippen LogP contribution in [0.5, 0.6) is 0 Å². The number of hydrogen-bond donors (Lipinski definition) is 1. The molecule has 0 spiro atoms. The van der Waals surface area contributed by atoms with E-state index in [1.165, 1.54) is 0 Å². The summed E-state index contributed by atoms with van der Waals surface area (Å²) in [5, 5.41) is 0. The molecule has 72 valence electrons. The fraction of sp³-hybridized carbons (Fsp3) is 1.00. The maximum absolute atomic E-state index is 13.4. The van der Waals surface area contributed by atoms with Crippen LogP contribution in [0.2, 0.25) is 0 Å². The molecule has 0 aromatic rings. The minimum atomic E-state index is -1.10. The maximum atomic E-state index is 13.4. The van der Waals surface area contributed by atoms with Gasteiger partial charge in [-0.3, -0.25) is 0 Å². The Labute approximate surface area is 73.3 Å². The minimum Gasteiger partial charge on any atom is -0.375 e. The van der Waals surface area contributed by atoms with Gasteiger partial charge >= 0.3 is 0 Å². The number of nitrogens with two attached hydrogens (primary N) is 1. The van der Waals surface area contributed by atoms with E-state index in [1.54, 1.807) is 0 Å². The van der Waals surface area contributed by atoms with E-state index in [0.29, 0.717) is 6.42 Å². The van der Waals surface area contributed by atoms with Crippen LogP contribution in [0.4, 0.5) is 4.39 Å². The predicted molar refractivity (Wildman–Crippen MR) is 46.8 cm³/mol. The summed E-state index contributed by atoms with van der Waals surface area (Å²) in [5.74, 6) is 0. The summed E-state index contributed by atoms with van der Waals surface area (Å²) in [5.41, 5.74) is 4.66. The lowest BCUT2D eigenvalue weighted by Crippen LogP contribution is -2.49. The molecule has 0 aromatic carbocycles. The monoisotopic (exact) mass is 175 g/mol. The Balaban J connectivity index is 2.12. The summed E-state index contributed by atoms with van der Waals surface area (Å²) in [6.07, 6.45) is 3.62. The van der Waals surface area contributed by atoms with Crippen molar-refractivity contribution in [2.24, 2.45) is 5.73 Å². The quantitative estimate of drug-likeness (QED) is 0.689. The molecule has 1 heterocycles. The van der Waals surface area contributed by atoms with Crippen molar-refractivity contribution >= 4 is 0 Å². The molecule has 0 bridgehead atoms. The molecule has 0 saturated carbocycles. The van der Waals surface area contributed by atoms with Crippen molar-refractivity contribution in [1.82, 2.24) is 0 Å². The second-order valence-corrected chi connectivity index (χ2v) is 3.75. The maximum Gasteiger partial charge on any atom is 0.158 e.